The fourth-order valence-electron chi connectivity index (χ4n) is 2.67. The number of nitrogens with two attached hydrogens (primary N) is 1. The summed E-state index contributed by atoms with van der Waals surface area (Å²) in [5.41, 5.74) is 6.68. The second kappa shape index (κ2) is 4.60. The van der Waals surface area contributed by atoms with Crippen molar-refractivity contribution in [3.05, 3.63) is 12.7 Å². The molecule has 2 aliphatic rings. The zero-order valence-corrected chi connectivity index (χ0v) is 11.2. The SMILES string of the molecule is Nc1ncnc2c1ncn2[C@@H]1O[C@H](CN2CC2)[C@H](O)C1O. The van der Waals surface area contributed by atoms with Crippen molar-refractivity contribution < 1.29 is 14.9 Å². The predicted octanol–water partition coefficient (Wildman–Crippen LogP) is -1.66. The average molecular weight is 292 g/mol. The fourth-order valence-corrected chi connectivity index (χ4v) is 2.67. The molecule has 2 aromatic rings. The highest BCUT2D eigenvalue weighted by molar-refractivity contribution is 5.81. The number of fused-ring (bicyclic) bond motifs is 1. The Morgan fingerprint density at radius 3 is 2.81 bits per heavy atom. The molecule has 9 nitrogen and oxygen atoms in total. The number of nitrogen functional groups attached to an aromatic ring is 1. The van der Waals surface area contributed by atoms with E-state index in [0.717, 1.165) is 13.1 Å². The number of aliphatic hydroxyl groups excluding tert-OH is 2. The minimum atomic E-state index is -1.04. The van der Waals surface area contributed by atoms with Crippen LogP contribution in [0.2, 0.25) is 0 Å². The third-order valence-corrected chi connectivity index (χ3v) is 3.98. The molecule has 112 valence electrons. The number of imidazole rings is 1. The second-order valence-corrected chi connectivity index (χ2v) is 5.43. The van der Waals surface area contributed by atoms with Gasteiger partial charge in [-0.25, -0.2) is 15.0 Å². The zero-order valence-electron chi connectivity index (χ0n) is 11.2. The smallest absolute Gasteiger partial charge is 0.167 e. The topological polar surface area (TPSA) is 122 Å². The Bertz CT molecular complexity index is 672. The first-order valence-electron chi connectivity index (χ1n) is 6.82. The van der Waals surface area contributed by atoms with E-state index in [-0.39, 0.29) is 5.82 Å². The van der Waals surface area contributed by atoms with Gasteiger partial charge in [-0.05, 0) is 0 Å². The van der Waals surface area contributed by atoms with E-state index in [9.17, 15) is 10.2 Å². The van der Waals surface area contributed by atoms with Crippen molar-refractivity contribution in [3.8, 4) is 0 Å². The first-order valence-corrected chi connectivity index (χ1v) is 6.82. The highest BCUT2D eigenvalue weighted by Gasteiger charge is 2.45. The minimum absolute atomic E-state index is 0.271. The maximum absolute atomic E-state index is 10.2. The molecular formula is C12H16N6O3. The molecule has 0 aromatic carbocycles. The molecule has 0 amide bonds. The first-order chi connectivity index (χ1) is 10.1. The van der Waals surface area contributed by atoms with E-state index in [0.29, 0.717) is 17.7 Å². The van der Waals surface area contributed by atoms with Crippen LogP contribution in [0.1, 0.15) is 6.23 Å². The van der Waals surface area contributed by atoms with Gasteiger partial charge in [-0.2, -0.15) is 0 Å². The van der Waals surface area contributed by atoms with Crippen LogP contribution in [0.15, 0.2) is 12.7 Å². The van der Waals surface area contributed by atoms with Gasteiger partial charge in [0, 0.05) is 19.6 Å². The van der Waals surface area contributed by atoms with Crippen molar-refractivity contribution in [3.63, 3.8) is 0 Å². The number of hydrogen-bond donors (Lipinski definition) is 3. The van der Waals surface area contributed by atoms with Crippen LogP contribution in [0, 0.1) is 0 Å². The van der Waals surface area contributed by atoms with Crippen molar-refractivity contribution in [2.24, 2.45) is 0 Å². The summed E-state index contributed by atoms with van der Waals surface area (Å²) in [6.07, 6.45) is -0.305. The summed E-state index contributed by atoms with van der Waals surface area (Å²) in [4.78, 5) is 14.3. The maximum atomic E-state index is 10.2. The van der Waals surface area contributed by atoms with Crippen LogP contribution in [0.25, 0.3) is 11.2 Å². The van der Waals surface area contributed by atoms with Crippen molar-refractivity contribution in [2.75, 3.05) is 25.4 Å². The van der Waals surface area contributed by atoms with E-state index in [4.69, 9.17) is 10.5 Å². The van der Waals surface area contributed by atoms with E-state index >= 15 is 0 Å². The van der Waals surface area contributed by atoms with Crippen molar-refractivity contribution in [1.29, 1.82) is 0 Å². The van der Waals surface area contributed by atoms with Gasteiger partial charge in [0.25, 0.3) is 0 Å². The molecule has 0 aliphatic carbocycles. The van der Waals surface area contributed by atoms with Crippen LogP contribution in [0.4, 0.5) is 5.82 Å². The summed E-state index contributed by atoms with van der Waals surface area (Å²) in [5.74, 6) is 0.271. The molecule has 4 rings (SSSR count). The molecule has 0 bridgehead atoms. The van der Waals surface area contributed by atoms with Gasteiger partial charge in [-0.1, -0.05) is 0 Å². The summed E-state index contributed by atoms with van der Waals surface area (Å²) >= 11 is 0. The Hall–Kier alpha value is -1.81. The van der Waals surface area contributed by atoms with Crippen LogP contribution in [-0.2, 0) is 4.74 Å². The number of aromatic nitrogens is 4. The highest BCUT2D eigenvalue weighted by Crippen LogP contribution is 2.32. The van der Waals surface area contributed by atoms with Gasteiger partial charge in [0.2, 0.25) is 0 Å². The Morgan fingerprint density at radius 1 is 1.24 bits per heavy atom. The largest absolute Gasteiger partial charge is 0.387 e. The van der Waals surface area contributed by atoms with Gasteiger partial charge in [-0.15, -0.1) is 0 Å². The number of ether oxygens (including phenoxy) is 1. The quantitative estimate of drug-likeness (QED) is 0.575. The molecule has 0 radical (unpaired) electrons. The van der Waals surface area contributed by atoms with Gasteiger partial charge < -0.3 is 20.7 Å². The molecule has 2 saturated heterocycles. The maximum Gasteiger partial charge on any atom is 0.167 e. The molecule has 0 saturated carbocycles. The molecule has 1 unspecified atom stereocenters. The van der Waals surface area contributed by atoms with Crippen LogP contribution in [-0.4, -0.2) is 72.6 Å². The van der Waals surface area contributed by atoms with Crippen LogP contribution < -0.4 is 5.73 Å². The lowest BCUT2D eigenvalue weighted by Crippen LogP contribution is -2.35. The van der Waals surface area contributed by atoms with Gasteiger partial charge >= 0.3 is 0 Å². The highest BCUT2D eigenvalue weighted by atomic mass is 16.6. The summed E-state index contributed by atoms with van der Waals surface area (Å²) in [6.45, 7) is 2.62. The van der Waals surface area contributed by atoms with Gasteiger partial charge in [0.05, 0.1) is 6.33 Å². The molecule has 2 fully saturated rings. The number of aliphatic hydroxyl groups is 2. The molecule has 4 heterocycles. The Labute approximate surface area is 120 Å². The average Bonchev–Trinajstić information content (AvgIpc) is 3.12. The number of hydrogen-bond acceptors (Lipinski definition) is 8. The second-order valence-electron chi connectivity index (χ2n) is 5.43. The van der Waals surface area contributed by atoms with Crippen molar-refractivity contribution in [1.82, 2.24) is 24.4 Å². The van der Waals surface area contributed by atoms with Crippen LogP contribution >= 0.6 is 0 Å². The Kier molecular flexibility index (Phi) is 2.82. The van der Waals surface area contributed by atoms with Crippen molar-refractivity contribution in [2.45, 2.75) is 24.5 Å². The summed E-state index contributed by atoms with van der Waals surface area (Å²) in [7, 11) is 0. The molecule has 4 N–H and O–H groups in total. The third kappa shape index (κ3) is 2.05. The van der Waals surface area contributed by atoms with Gasteiger partial charge in [0.1, 0.15) is 30.2 Å². The zero-order chi connectivity index (χ0) is 14.6. The van der Waals surface area contributed by atoms with E-state index in [1.54, 1.807) is 4.57 Å². The lowest BCUT2D eigenvalue weighted by molar-refractivity contribution is -0.0375. The molecular weight excluding hydrogens is 276 g/mol. The molecule has 9 heteroatoms. The van der Waals surface area contributed by atoms with E-state index in [1.807, 2.05) is 0 Å². The Morgan fingerprint density at radius 2 is 2.05 bits per heavy atom. The standard InChI is InChI=1S/C12H16N6O3/c13-10-7-11(15-4-14-10)18(5-16-7)12-9(20)8(19)6(21-12)3-17-1-2-17/h4-6,8-9,12,19-20H,1-3H2,(H2,13,14,15)/t6-,8+,9?,12-/m1/s1. The van der Waals surface area contributed by atoms with Crippen molar-refractivity contribution >= 4 is 17.0 Å². The first kappa shape index (κ1) is 12.9. The normalized spacial score (nSPS) is 32.9. The van der Waals surface area contributed by atoms with Gasteiger partial charge in [-0.3, -0.25) is 9.47 Å². The van der Waals surface area contributed by atoms with E-state index < -0.39 is 24.5 Å². The number of anilines is 1. The number of nitrogens with zero attached hydrogens (tertiary/aromatic N) is 5. The fraction of sp³-hybridized carbons (Fsp3) is 0.583. The third-order valence-electron chi connectivity index (χ3n) is 3.98. The summed E-state index contributed by atoms with van der Waals surface area (Å²) in [6, 6.07) is 0. The van der Waals surface area contributed by atoms with Crippen LogP contribution in [0.3, 0.4) is 0 Å². The molecule has 21 heavy (non-hydrogen) atoms. The minimum Gasteiger partial charge on any atom is -0.387 e. The lowest BCUT2D eigenvalue weighted by atomic mass is 10.1. The summed E-state index contributed by atoms with van der Waals surface area (Å²) in [5, 5.41) is 20.4. The van der Waals surface area contributed by atoms with E-state index in [1.165, 1.54) is 12.7 Å². The Balaban J connectivity index is 1.66. The summed E-state index contributed by atoms with van der Waals surface area (Å²) < 4.78 is 7.40. The molecule has 2 aromatic heterocycles. The predicted molar refractivity (Wildman–Crippen MR) is 72.1 cm³/mol. The molecule has 4 atom stereocenters. The molecule has 0 spiro atoms. The lowest BCUT2D eigenvalue weighted by Gasteiger charge is -2.16. The monoisotopic (exact) mass is 292 g/mol. The molecule has 2 aliphatic heterocycles. The number of rotatable bonds is 3. The van der Waals surface area contributed by atoms with Gasteiger partial charge in [0.15, 0.2) is 17.7 Å². The van der Waals surface area contributed by atoms with Crippen LogP contribution in [0.5, 0.6) is 0 Å². The van der Waals surface area contributed by atoms with E-state index in [2.05, 4.69) is 19.9 Å².